The average Bonchev–Trinajstić information content (AvgIpc) is 2.84. The molecule has 0 saturated carbocycles. The molecule has 0 aliphatic rings. The summed E-state index contributed by atoms with van der Waals surface area (Å²) < 4.78 is 21.1. The highest BCUT2D eigenvalue weighted by molar-refractivity contribution is 5.39. The summed E-state index contributed by atoms with van der Waals surface area (Å²) in [5, 5.41) is 8.57. The van der Waals surface area contributed by atoms with Crippen molar-refractivity contribution in [2.45, 2.75) is 13.5 Å². The lowest BCUT2D eigenvalue weighted by molar-refractivity contribution is 0.295. The van der Waals surface area contributed by atoms with Gasteiger partial charge < -0.3 is 14.4 Å². The van der Waals surface area contributed by atoms with Gasteiger partial charge in [0.05, 0.1) is 12.1 Å². The zero-order valence-corrected chi connectivity index (χ0v) is 11.1. The van der Waals surface area contributed by atoms with Crippen LogP contribution in [0, 0.1) is 24.6 Å². The topological polar surface area (TPSA) is 47.3 Å². The summed E-state index contributed by atoms with van der Waals surface area (Å²) >= 11 is 0. The van der Waals surface area contributed by atoms with Crippen molar-refractivity contribution in [2.75, 3.05) is 13.2 Å². The number of aromatic nitrogens is 2. The van der Waals surface area contributed by atoms with Crippen molar-refractivity contribution in [3.8, 4) is 17.6 Å². The zero-order chi connectivity index (χ0) is 14.4. The first-order chi connectivity index (χ1) is 9.70. The van der Waals surface area contributed by atoms with E-state index in [1.807, 2.05) is 17.7 Å². The van der Waals surface area contributed by atoms with Crippen molar-refractivity contribution in [1.82, 2.24) is 9.55 Å². The summed E-state index contributed by atoms with van der Waals surface area (Å²) in [7, 11) is 0. The summed E-state index contributed by atoms with van der Waals surface area (Å²) in [6, 6.07) is 4.49. The first-order valence-electron chi connectivity index (χ1n) is 6.20. The molecule has 0 aliphatic heterocycles. The van der Waals surface area contributed by atoms with Crippen LogP contribution in [0.1, 0.15) is 11.4 Å². The monoisotopic (exact) mass is 274 g/mol. The van der Waals surface area contributed by atoms with Gasteiger partial charge in [-0.05, 0) is 19.1 Å². The molecule has 0 radical (unpaired) electrons. The van der Waals surface area contributed by atoms with Crippen LogP contribution in [0.15, 0.2) is 30.6 Å². The second-order valence-corrected chi connectivity index (χ2v) is 4.12. The predicted octanol–water partition coefficient (Wildman–Crippen LogP) is 1.75. The Labute approximate surface area is 116 Å². The Bertz CT molecular complexity index is 641. The number of halogens is 1. The van der Waals surface area contributed by atoms with Crippen LogP contribution >= 0.6 is 0 Å². The van der Waals surface area contributed by atoms with Crippen LogP contribution in [-0.4, -0.2) is 27.9 Å². The maximum Gasteiger partial charge on any atom is 0.142 e. The molecule has 2 rings (SSSR count). The Balaban J connectivity index is 1.94. The number of rotatable bonds is 4. The van der Waals surface area contributed by atoms with Gasteiger partial charge in [-0.1, -0.05) is 11.8 Å². The molecule has 0 spiro atoms. The third kappa shape index (κ3) is 3.59. The number of aryl methyl sites for hydroxylation is 1. The number of ether oxygens (including phenoxy) is 1. The van der Waals surface area contributed by atoms with E-state index in [4.69, 9.17) is 9.84 Å². The average molecular weight is 274 g/mol. The first kappa shape index (κ1) is 14.1. The molecule has 104 valence electrons. The number of imidazole rings is 1. The normalized spacial score (nSPS) is 9.95. The van der Waals surface area contributed by atoms with Gasteiger partial charge in [0.1, 0.15) is 30.6 Å². The quantitative estimate of drug-likeness (QED) is 0.864. The van der Waals surface area contributed by atoms with E-state index in [1.54, 1.807) is 12.3 Å². The molecular formula is C15H15FN2O2. The number of hydrogen-bond acceptors (Lipinski definition) is 3. The molecule has 0 atom stereocenters. The lowest BCUT2D eigenvalue weighted by atomic mass is 10.2. The van der Waals surface area contributed by atoms with Crippen molar-refractivity contribution < 1.29 is 14.2 Å². The molecule has 1 aromatic heterocycles. The van der Waals surface area contributed by atoms with E-state index in [1.165, 1.54) is 12.1 Å². The second-order valence-electron chi connectivity index (χ2n) is 4.12. The van der Waals surface area contributed by atoms with Gasteiger partial charge in [-0.25, -0.2) is 9.37 Å². The van der Waals surface area contributed by atoms with Gasteiger partial charge in [0.2, 0.25) is 0 Å². The van der Waals surface area contributed by atoms with Crippen LogP contribution in [0.4, 0.5) is 4.39 Å². The Kier molecular flexibility index (Phi) is 4.75. The molecule has 0 aliphatic carbocycles. The van der Waals surface area contributed by atoms with E-state index in [0.717, 1.165) is 5.82 Å². The molecular weight excluding hydrogens is 259 g/mol. The number of aliphatic hydroxyl groups excluding tert-OH is 1. The fraction of sp³-hybridized carbons (Fsp3) is 0.267. The first-order valence-corrected chi connectivity index (χ1v) is 6.20. The minimum Gasteiger partial charge on any atom is -0.492 e. The third-order valence-electron chi connectivity index (χ3n) is 2.77. The van der Waals surface area contributed by atoms with Gasteiger partial charge in [0.25, 0.3) is 0 Å². The summed E-state index contributed by atoms with van der Waals surface area (Å²) in [5.41, 5.74) is 0.247. The van der Waals surface area contributed by atoms with Crippen molar-refractivity contribution in [1.29, 1.82) is 0 Å². The third-order valence-corrected chi connectivity index (χ3v) is 2.77. The summed E-state index contributed by atoms with van der Waals surface area (Å²) in [6.07, 6.45) is 3.59. The van der Waals surface area contributed by atoms with Gasteiger partial charge >= 0.3 is 0 Å². The van der Waals surface area contributed by atoms with Crippen LogP contribution in [0.3, 0.4) is 0 Å². The Morgan fingerprint density at radius 3 is 2.95 bits per heavy atom. The Morgan fingerprint density at radius 2 is 2.30 bits per heavy atom. The van der Waals surface area contributed by atoms with Gasteiger partial charge in [0, 0.05) is 18.5 Å². The molecule has 0 amide bonds. The zero-order valence-electron chi connectivity index (χ0n) is 11.1. The van der Waals surface area contributed by atoms with E-state index in [0.29, 0.717) is 18.9 Å². The second kappa shape index (κ2) is 6.73. The van der Waals surface area contributed by atoms with E-state index in [-0.39, 0.29) is 12.2 Å². The van der Waals surface area contributed by atoms with Gasteiger partial charge in [-0.3, -0.25) is 0 Å². The fourth-order valence-electron chi connectivity index (χ4n) is 1.72. The fourth-order valence-corrected chi connectivity index (χ4v) is 1.72. The maximum atomic E-state index is 13.7. The molecule has 0 fully saturated rings. The van der Waals surface area contributed by atoms with Crippen molar-refractivity contribution >= 4 is 0 Å². The molecule has 2 aromatic rings. The molecule has 0 saturated heterocycles. The number of nitrogens with zero attached hydrogens (tertiary/aromatic N) is 2. The Hall–Kier alpha value is -2.32. The van der Waals surface area contributed by atoms with E-state index in [9.17, 15) is 4.39 Å². The molecule has 4 nitrogen and oxygen atoms in total. The Morgan fingerprint density at radius 1 is 1.45 bits per heavy atom. The molecule has 1 heterocycles. The van der Waals surface area contributed by atoms with Crippen LogP contribution in [0.2, 0.25) is 0 Å². The predicted molar refractivity (Wildman–Crippen MR) is 72.8 cm³/mol. The molecule has 0 bridgehead atoms. The molecule has 1 N–H and O–H groups in total. The number of hydrogen-bond donors (Lipinski definition) is 1. The van der Waals surface area contributed by atoms with E-state index in [2.05, 4.69) is 16.8 Å². The maximum absolute atomic E-state index is 13.7. The minimum absolute atomic E-state index is 0.247. The standard InChI is InChI=1S/C15H15FN2O2/c1-12-17-6-7-18(12)8-10-20-14-5-4-13(3-2-9-19)15(16)11-14/h4-7,11,19H,8-10H2,1H3. The lowest BCUT2D eigenvalue weighted by Crippen LogP contribution is -2.08. The van der Waals surface area contributed by atoms with E-state index < -0.39 is 5.82 Å². The highest BCUT2D eigenvalue weighted by Gasteiger charge is 2.03. The molecule has 0 unspecified atom stereocenters. The molecule has 1 aromatic carbocycles. The van der Waals surface area contributed by atoms with Crippen molar-refractivity contribution in [3.63, 3.8) is 0 Å². The van der Waals surface area contributed by atoms with Crippen molar-refractivity contribution in [3.05, 3.63) is 47.8 Å². The number of aliphatic hydroxyl groups is 1. The van der Waals surface area contributed by atoms with E-state index >= 15 is 0 Å². The SMILES string of the molecule is Cc1nccn1CCOc1ccc(C#CCO)c(F)c1. The lowest BCUT2D eigenvalue weighted by Gasteiger charge is -2.08. The van der Waals surface area contributed by atoms with Gasteiger partial charge in [0.15, 0.2) is 0 Å². The summed E-state index contributed by atoms with van der Waals surface area (Å²) in [5.74, 6) is 5.85. The highest BCUT2D eigenvalue weighted by Crippen LogP contribution is 2.16. The smallest absolute Gasteiger partial charge is 0.142 e. The van der Waals surface area contributed by atoms with Crippen molar-refractivity contribution in [2.24, 2.45) is 0 Å². The van der Waals surface area contributed by atoms with Gasteiger partial charge in [-0.2, -0.15) is 0 Å². The molecule has 20 heavy (non-hydrogen) atoms. The minimum atomic E-state index is -0.456. The largest absolute Gasteiger partial charge is 0.492 e. The van der Waals surface area contributed by atoms with Gasteiger partial charge in [-0.15, -0.1) is 0 Å². The van der Waals surface area contributed by atoms with Crippen LogP contribution in [-0.2, 0) is 6.54 Å². The summed E-state index contributed by atoms with van der Waals surface area (Å²) in [6.45, 7) is 2.70. The number of benzene rings is 1. The van der Waals surface area contributed by atoms with Crippen LogP contribution in [0.5, 0.6) is 5.75 Å². The molecule has 5 heteroatoms. The van der Waals surface area contributed by atoms with Crippen LogP contribution < -0.4 is 4.74 Å². The highest BCUT2D eigenvalue weighted by atomic mass is 19.1. The summed E-state index contributed by atoms with van der Waals surface area (Å²) in [4.78, 5) is 4.11. The van der Waals surface area contributed by atoms with Crippen LogP contribution in [0.25, 0.3) is 0 Å².